The highest BCUT2D eigenvalue weighted by Gasteiger charge is 2.27. The van der Waals surface area contributed by atoms with Gasteiger partial charge in [0.05, 0.1) is 12.2 Å². The maximum Gasteiger partial charge on any atom is 0.347 e. The van der Waals surface area contributed by atoms with Crippen LogP contribution in [-0.2, 0) is 11.3 Å². The zero-order valence-corrected chi connectivity index (χ0v) is 12.3. The van der Waals surface area contributed by atoms with Crippen LogP contribution in [0.25, 0.3) is 0 Å². The number of aromatic nitrogens is 2. The Labute approximate surface area is 122 Å². The lowest BCUT2D eigenvalue weighted by atomic mass is 10.1. The van der Waals surface area contributed by atoms with Gasteiger partial charge in [-0.25, -0.2) is 4.79 Å². The number of nitrogens with zero attached hydrogens (tertiary/aromatic N) is 3. The summed E-state index contributed by atoms with van der Waals surface area (Å²) in [6.45, 7) is 4.26. The molecule has 0 aliphatic carbocycles. The van der Waals surface area contributed by atoms with Crippen molar-refractivity contribution in [3.8, 4) is 0 Å². The van der Waals surface area contributed by atoms with E-state index in [1.807, 2.05) is 0 Å². The minimum Gasteiger partial charge on any atom is -0.391 e. The predicted molar refractivity (Wildman–Crippen MR) is 75.8 cm³/mol. The van der Waals surface area contributed by atoms with E-state index < -0.39 is 12.2 Å². The van der Waals surface area contributed by atoms with E-state index in [4.69, 9.17) is 0 Å². The van der Waals surface area contributed by atoms with E-state index in [9.17, 15) is 19.8 Å². The first kappa shape index (κ1) is 15.7. The highest BCUT2D eigenvalue weighted by atomic mass is 16.3. The van der Waals surface area contributed by atoms with E-state index in [0.29, 0.717) is 12.1 Å². The van der Waals surface area contributed by atoms with Gasteiger partial charge in [0.2, 0.25) is 5.91 Å². The van der Waals surface area contributed by atoms with E-state index in [1.54, 1.807) is 19.9 Å². The summed E-state index contributed by atoms with van der Waals surface area (Å²) in [5.74, 6) is -0.181. The molecule has 1 aliphatic rings. The summed E-state index contributed by atoms with van der Waals surface area (Å²) in [5.41, 5.74) is 1.06. The second-order valence-corrected chi connectivity index (χ2v) is 5.57. The maximum absolute atomic E-state index is 12.1. The van der Waals surface area contributed by atoms with Crippen molar-refractivity contribution in [3.63, 3.8) is 0 Å². The van der Waals surface area contributed by atoms with Crippen LogP contribution in [0, 0.1) is 13.8 Å². The monoisotopic (exact) mass is 295 g/mol. The number of likely N-dealkylation sites (tertiary alicyclic amines) is 1. The molecular weight excluding hydrogens is 274 g/mol. The number of aryl methyl sites for hydroxylation is 2. The molecule has 2 N–H and O–H groups in total. The molecule has 0 saturated carbocycles. The summed E-state index contributed by atoms with van der Waals surface area (Å²) in [5, 5.41) is 19.2. The molecule has 1 saturated heterocycles. The van der Waals surface area contributed by atoms with Crippen molar-refractivity contribution < 1.29 is 15.0 Å². The molecule has 1 fully saturated rings. The van der Waals surface area contributed by atoms with Gasteiger partial charge in [-0.15, -0.1) is 0 Å². The van der Waals surface area contributed by atoms with Gasteiger partial charge in [-0.05, 0) is 19.9 Å². The van der Waals surface area contributed by atoms with Crippen molar-refractivity contribution in [3.05, 3.63) is 27.9 Å². The fourth-order valence-electron chi connectivity index (χ4n) is 2.66. The summed E-state index contributed by atoms with van der Waals surface area (Å²) in [6.07, 6.45) is -0.943. The van der Waals surface area contributed by atoms with Crippen LogP contribution in [0.4, 0.5) is 0 Å². The number of amides is 1. The van der Waals surface area contributed by atoms with E-state index in [0.717, 1.165) is 5.69 Å². The molecule has 0 radical (unpaired) electrons. The van der Waals surface area contributed by atoms with Crippen LogP contribution < -0.4 is 5.69 Å². The van der Waals surface area contributed by atoms with Gasteiger partial charge in [0.25, 0.3) is 0 Å². The van der Waals surface area contributed by atoms with Gasteiger partial charge in [0, 0.05) is 43.9 Å². The van der Waals surface area contributed by atoms with E-state index in [-0.39, 0.29) is 37.7 Å². The number of β-amino-alcohol motifs (C(OH)–C–C–N with tert-alkyl or cyclic N) is 2. The quantitative estimate of drug-likeness (QED) is 0.761. The molecule has 2 heterocycles. The van der Waals surface area contributed by atoms with Crippen LogP contribution in [0.1, 0.15) is 24.2 Å². The standard InChI is InChI=1S/C14H21N3O4/c1-9-5-10(2)17(14(21)15-9)4-3-13(20)16-7-11(18)6-12(19)8-16/h5,11-12,18-19H,3-4,6-8H2,1-2H3/t11-,12-/m1/s1. The van der Waals surface area contributed by atoms with E-state index in [2.05, 4.69) is 4.98 Å². The number of rotatable bonds is 3. The van der Waals surface area contributed by atoms with Gasteiger partial charge < -0.3 is 15.1 Å². The SMILES string of the molecule is Cc1cc(C)n(CCC(=O)N2C[C@H](O)C[C@@H](O)C2)c(=O)n1. The number of hydrogen-bond acceptors (Lipinski definition) is 5. The van der Waals surface area contributed by atoms with Crippen LogP contribution in [0.15, 0.2) is 10.9 Å². The van der Waals surface area contributed by atoms with Gasteiger partial charge in [-0.3, -0.25) is 9.36 Å². The van der Waals surface area contributed by atoms with Crippen LogP contribution in [0.2, 0.25) is 0 Å². The fraction of sp³-hybridized carbons (Fsp3) is 0.643. The smallest absolute Gasteiger partial charge is 0.347 e. The van der Waals surface area contributed by atoms with E-state index >= 15 is 0 Å². The summed E-state index contributed by atoms with van der Waals surface area (Å²) in [6, 6.07) is 1.79. The Morgan fingerprint density at radius 3 is 2.52 bits per heavy atom. The van der Waals surface area contributed by atoms with Crippen molar-refractivity contribution in [2.24, 2.45) is 0 Å². The lowest BCUT2D eigenvalue weighted by molar-refractivity contribution is -0.137. The molecule has 0 bridgehead atoms. The van der Waals surface area contributed by atoms with E-state index in [1.165, 1.54) is 9.47 Å². The zero-order chi connectivity index (χ0) is 15.6. The van der Waals surface area contributed by atoms with Crippen molar-refractivity contribution in [1.82, 2.24) is 14.5 Å². The average molecular weight is 295 g/mol. The minimum absolute atomic E-state index is 0.144. The Bertz CT molecular complexity index is 574. The van der Waals surface area contributed by atoms with Gasteiger partial charge in [0.15, 0.2) is 0 Å². The molecule has 7 nitrogen and oxygen atoms in total. The summed E-state index contributed by atoms with van der Waals surface area (Å²) < 4.78 is 1.46. The summed E-state index contributed by atoms with van der Waals surface area (Å²) in [7, 11) is 0. The Kier molecular flexibility index (Phi) is 4.74. The average Bonchev–Trinajstić information content (AvgIpc) is 2.35. The third kappa shape index (κ3) is 3.89. The number of carbonyl (C=O) groups excluding carboxylic acids is 1. The third-order valence-electron chi connectivity index (χ3n) is 3.65. The molecule has 7 heteroatoms. The third-order valence-corrected chi connectivity index (χ3v) is 3.65. The minimum atomic E-state index is -0.691. The molecule has 1 amide bonds. The van der Waals surface area contributed by atoms with Crippen molar-refractivity contribution >= 4 is 5.91 Å². The molecule has 0 spiro atoms. The van der Waals surface area contributed by atoms with Gasteiger partial charge in [-0.2, -0.15) is 4.98 Å². The number of piperidine rings is 1. The Hall–Kier alpha value is -1.73. The van der Waals surface area contributed by atoms with Crippen LogP contribution >= 0.6 is 0 Å². The molecule has 2 rings (SSSR count). The second kappa shape index (κ2) is 6.36. The van der Waals surface area contributed by atoms with Crippen LogP contribution in [0.5, 0.6) is 0 Å². The molecule has 21 heavy (non-hydrogen) atoms. The molecule has 0 aromatic carbocycles. The maximum atomic E-state index is 12.1. The van der Waals surface area contributed by atoms with Crippen molar-refractivity contribution in [2.75, 3.05) is 13.1 Å². The Morgan fingerprint density at radius 1 is 1.33 bits per heavy atom. The molecular formula is C14H21N3O4. The number of hydrogen-bond donors (Lipinski definition) is 2. The topological polar surface area (TPSA) is 95.7 Å². The molecule has 0 unspecified atom stereocenters. The second-order valence-electron chi connectivity index (χ2n) is 5.57. The largest absolute Gasteiger partial charge is 0.391 e. The molecule has 1 aromatic rings. The van der Waals surface area contributed by atoms with Crippen molar-refractivity contribution in [1.29, 1.82) is 0 Å². The van der Waals surface area contributed by atoms with Gasteiger partial charge in [-0.1, -0.05) is 0 Å². The molecule has 1 aromatic heterocycles. The summed E-state index contributed by atoms with van der Waals surface area (Å²) in [4.78, 5) is 29.2. The number of aliphatic hydroxyl groups is 2. The fourth-order valence-corrected chi connectivity index (χ4v) is 2.66. The van der Waals surface area contributed by atoms with Gasteiger partial charge >= 0.3 is 5.69 Å². The zero-order valence-electron chi connectivity index (χ0n) is 12.3. The Balaban J connectivity index is 2.00. The summed E-state index contributed by atoms with van der Waals surface area (Å²) >= 11 is 0. The molecule has 116 valence electrons. The van der Waals surface area contributed by atoms with Crippen molar-refractivity contribution in [2.45, 2.75) is 45.4 Å². The normalized spacial score (nSPS) is 22.4. The predicted octanol–water partition coefficient (Wildman–Crippen LogP) is -0.796. The molecule has 1 aliphatic heterocycles. The first-order chi connectivity index (χ1) is 9.86. The van der Waals surface area contributed by atoms with Gasteiger partial charge in [0.1, 0.15) is 0 Å². The lowest BCUT2D eigenvalue weighted by Gasteiger charge is -2.33. The lowest BCUT2D eigenvalue weighted by Crippen LogP contribution is -2.48. The first-order valence-electron chi connectivity index (χ1n) is 7.06. The highest BCUT2D eigenvalue weighted by Crippen LogP contribution is 2.12. The number of carbonyl (C=O) groups is 1. The van der Waals surface area contributed by atoms with Crippen LogP contribution in [-0.4, -0.2) is 55.9 Å². The van der Waals surface area contributed by atoms with Crippen LogP contribution in [0.3, 0.4) is 0 Å². The highest BCUT2D eigenvalue weighted by molar-refractivity contribution is 5.76. The Morgan fingerprint density at radius 2 is 1.95 bits per heavy atom. The molecule has 2 atom stereocenters. The first-order valence-corrected chi connectivity index (χ1v) is 7.06. The number of aliphatic hydroxyl groups excluding tert-OH is 2.